The van der Waals surface area contributed by atoms with Crippen molar-refractivity contribution >= 4 is 34.2 Å². The third kappa shape index (κ3) is 4.78. The molecular weight excluding hydrogens is 372 g/mol. The number of carbonyl (C=O) groups excluding carboxylic acids is 3. The van der Waals surface area contributed by atoms with Gasteiger partial charge >= 0.3 is 5.97 Å². The Morgan fingerprint density at radius 3 is 2.48 bits per heavy atom. The van der Waals surface area contributed by atoms with Crippen LogP contribution in [-0.4, -0.2) is 40.7 Å². The molecule has 8 nitrogen and oxygen atoms in total. The smallest absolute Gasteiger partial charge is 0.325 e. The lowest BCUT2D eigenvalue weighted by molar-refractivity contribution is -0.146. The summed E-state index contributed by atoms with van der Waals surface area (Å²) >= 11 is 0. The molecule has 0 aliphatic rings. The Morgan fingerprint density at radius 2 is 1.79 bits per heavy atom. The molecule has 0 atom stereocenters. The third-order valence-electron chi connectivity index (χ3n) is 4.54. The highest BCUT2D eigenvalue weighted by molar-refractivity contribution is 6.00. The molecule has 0 fully saturated rings. The Bertz CT molecular complexity index is 1090. The van der Waals surface area contributed by atoms with Crippen molar-refractivity contribution in [3.63, 3.8) is 0 Å². The van der Waals surface area contributed by atoms with Crippen LogP contribution in [0.25, 0.3) is 10.8 Å². The van der Waals surface area contributed by atoms with Crippen molar-refractivity contribution in [2.75, 3.05) is 18.5 Å². The number of amides is 2. The third-order valence-corrected chi connectivity index (χ3v) is 4.54. The Balaban J connectivity index is 1.47. The standard InChI is InChI=1S/C21H22N4O4/c1-13-20(14(2)25(3)24-13)23-18(26)12-29-19(27)11-22-21(28)17-9-8-15-6-4-5-7-16(15)10-17/h4-10H,11-12H2,1-3H3,(H,22,28)(H,23,26). The number of esters is 1. The molecule has 0 unspecified atom stereocenters. The second-order valence-corrected chi connectivity index (χ2v) is 6.62. The molecule has 2 aromatic carbocycles. The van der Waals surface area contributed by atoms with Crippen molar-refractivity contribution in [1.82, 2.24) is 15.1 Å². The highest BCUT2D eigenvalue weighted by atomic mass is 16.5. The fourth-order valence-electron chi connectivity index (χ4n) is 2.91. The molecule has 0 spiro atoms. The zero-order valence-corrected chi connectivity index (χ0v) is 16.5. The zero-order valence-electron chi connectivity index (χ0n) is 16.5. The molecule has 3 aromatic rings. The van der Waals surface area contributed by atoms with Crippen LogP contribution >= 0.6 is 0 Å². The first-order valence-electron chi connectivity index (χ1n) is 9.08. The number of carbonyl (C=O) groups is 3. The number of nitrogens with zero attached hydrogens (tertiary/aromatic N) is 2. The second kappa shape index (κ2) is 8.55. The summed E-state index contributed by atoms with van der Waals surface area (Å²) < 4.78 is 6.58. The molecule has 2 N–H and O–H groups in total. The lowest BCUT2D eigenvalue weighted by Gasteiger charge is -2.08. The van der Waals surface area contributed by atoms with Gasteiger partial charge in [0.1, 0.15) is 6.54 Å². The van der Waals surface area contributed by atoms with Gasteiger partial charge in [-0.1, -0.05) is 30.3 Å². The van der Waals surface area contributed by atoms with E-state index in [0.717, 1.165) is 16.5 Å². The van der Waals surface area contributed by atoms with Gasteiger partial charge in [-0.15, -0.1) is 0 Å². The van der Waals surface area contributed by atoms with Crippen molar-refractivity contribution in [3.8, 4) is 0 Å². The Labute approximate surface area is 167 Å². The van der Waals surface area contributed by atoms with Crippen LogP contribution in [0, 0.1) is 13.8 Å². The summed E-state index contributed by atoms with van der Waals surface area (Å²) in [6.45, 7) is 2.82. The second-order valence-electron chi connectivity index (χ2n) is 6.62. The summed E-state index contributed by atoms with van der Waals surface area (Å²) in [4.78, 5) is 36.1. The number of rotatable bonds is 6. The number of aromatic nitrogens is 2. The highest BCUT2D eigenvalue weighted by Crippen LogP contribution is 2.18. The predicted molar refractivity (Wildman–Crippen MR) is 109 cm³/mol. The van der Waals surface area contributed by atoms with Crippen LogP contribution in [0.2, 0.25) is 0 Å². The van der Waals surface area contributed by atoms with Crippen molar-refractivity contribution in [1.29, 1.82) is 0 Å². The van der Waals surface area contributed by atoms with Gasteiger partial charge in [-0.25, -0.2) is 0 Å². The van der Waals surface area contributed by atoms with E-state index < -0.39 is 24.4 Å². The van der Waals surface area contributed by atoms with Crippen LogP contribution in [0.4, 0.5) is 5.69 Å². The largest absolute Gasteiger partial charge is 0.454 e. The number of anilines is 1. The summed E-state index contributed by atoms with van der Waals surface area (Å²) in [5.41, 5.74) is 2.51. The summed E-state index contributed by atoms with van der Waals surface area (Å²) in [5, 5.41) is 11.3. The van der Waals surface area contributed by atoms with Gasteiger partial charge < -0.3 is 15.4 Å². The lowest BCUT2D eigenvalue weighted by Crippen LogP contribution is -2.32. The average Bonchev–Trinajstić information content (AvgIpc) is 2.96. The fraction of sp³-hybridized carbons (Fsp3) is 0.238. The minimum atomic E-state index is -0.700. The number of hydrogen-bond donors (Lipinski definition) is 2. The molecule has 0 aliphatic heterocycles. The van der Waals surface area contributed by atoms with E-state index in [4.69, 9.17) is 4.74 Å². The van der Waals surface area contributed by atoms with Crippen LogP contribution in [0.1, 0.15) is 21.7 Å². The maximum atomic E-state index is 12.2. The van der Waals surface area contributed by atoms with Gasteiger partial charge in [0, 0.05) is 12.6 Å². The maximum absolute atomic E-state index is 12.2. The van der Waals surface area contributed by atoms with Gasteiger partial charge in [0.25, 0.3) is 11.8 Å². The molecule has 0 aliphatic carbocycles. The van der Waals surface area contributed by atoms with E-state index in [2.05, 4.69) is 15.7 Å². The van der Waals surface area contributed by atoms with Crippen LogP contribution in [-0.2, 0) is 21.4 Å². The van der Waals surface area contributed by atoms with Gasteiger partial charge in [0.15, 0.2) is 6.61 Å². The normalized spacial score (nSPS) is 10.6. The molecule has 0 bridgehead atoms. The lowest BCUT2D eigenvalue weighted by atomic mass is 10.1. The fourth-order valence-corrected chi connectivity index (χ4v) is 2.91. The number of aryl methyl sites for hydroxylation is 2. The van der Waals surface area contributed by atoms with Crippen molar-refractivity contribution < 1.29 is 19.1 Å². The minimum Gasteiger partial charge on any atom is -0.454 e. The number of hydrogen-bond acceptors (Lipinski definition) is 5. The molecule has 2 amide bonds. The van der Waals surface area contributed by atoms with E-state index in [9.17, 15) is 14.4 Å². The van der Waals surface area contributed by atoms with Crippen molar-refractivity contribution in [3.05, 3.63) is 59.4 Å². The Morgan fingerprint density at radius 1 is 1.07 bits per heavy atom. The Hall–Kier alpha value is -3.68. The Kier molecular flexibility index (Phi) is 5.92. The predicted octanol–water partition coefficient (Wildman–Crippen LogP) is 2.10. The molecule has 1 aromatic heterocycles. The molecule has 1 heterocycles. The molecular formula is C21H22N4O4. The number of nitrogens with one attached hydrogen (secondary N) is 2. The number of fused-ring (bicyclic) bond motifs is 1. The molecule has 0 saturated heterocycles. The van der Waals surface area contributed by atoms with E-state index >= 15 is 0 Å². The van der Waals surface area contributed by atoms with Crippen molar-refractivity contribution in [2.45, 2.75) is 13.8 Å². The summed E-state index contributed by atoms with van der Waals surface area (Å²) in [6, 6.07) is 13.0. The quantitative estimate of drug-likeness (QED) is 0.624. The number of benzene rings is 2. The van der Waals surface area contributed by atoms with E-state index in [1.807, 2.05) is 37.3 Å². The maximum Gasteiger partial charge on any atom is 0.325 e. The van der Waals surface area contributed by atoms with E-state index in [1.165, 1.54) is 0 Å². The van der Waals surface area contributed by atoms with Gasteiger partial charge in [-0.3, -0.25) is 19.1 Å². The highest BCUT2D eigenvalue weighted by Gasteiger charge is 2.15. The van der Waals surface area contributed by atoms with Crippen LogP contribution in [0.15, 0.2) is 42.5 Å². The first-order valence-corrected chi connectivity index (χ1v) is 9.08. The molecule has 150 valence electrons. The summed E-state index contributed by atoms with van der Waals surface area (Å²) in [7, 11) is 1.77. The van der Waals surface area contributed by atoms with E-state index in [-0.39, 0.29) is 6.54 Å². The van der Waals surface area contributed by atoms with E-state index in [0.29, 0.717) is 16.9 Å². The van der Waals surface area contributed by atoms with Gasteiger partial charge in [0.05, 0.1) is 17.1 Å². The molecule has 0 radical (unpaired) electrons. The van der Waals surface area contributed by atoms with Gasteiger partial charge in [-0.2, -0.15) is 5.10 Å². The van der Waals surface area contributed by atoms with E-state index in [1.54, 1.807) is 30.8 Å². The molecule has 29 heavy (non-hydrogen) atoms. The zero-order chi connectivity index (χ0) is 21.0. The van der Waals surface area contributed by atoms with Crippen LogP contribution in [0.3, 0.4) is 0 Å². The van der Waals surface area contributed by atoms with Gasteiger partial charge in [0.2, 0.25) is 0 Å². The molecule has 0 saturated carbocycles. The van der Waals surface area contributed by atoms with Crippen LogP contribution in [0.5, 0.6) is 0 Å². The average molecular weight is 394 g/mol. The van der Waals surface area contributed by atoms with Crippen molar-refractivity contribution in [2.24, 2.45) is 7.05 Å². The van der Waals surface area contributed by atoms with Crippen LogP contribution < -0.4 is 10.6 Å². The number of ether oxygens (including phenoxy) is 1. The molecule has 8 heteroatoms. The summed E-state index contributed by atoms with van der Waals surface area (Å²) in [5.74, 6) is -1.56. The SMILES string of the molecule is Cc1nn(C)c(C)c1NC(=O)COC(=O)CNC(=O)c1ccc2ccccc2c1. The topological polar surface area (TPSA) is 102 Å². The first-order chi connectivity index (χ1) is 13.8. The van der Waals surface area contributed by atoms with Gasteiger partial charge in [-0.05, 0) is 36.8 Å². The minimum absolute atomic E-state index is 0.329. The first kappa shape index (κ1) is 20.1. The monoisotopic (exact) mass is 394 g/mol. The molecule has 3 rings (SSSR count). The summed E-state index contributed by atoms with van der Waals surface area (Å²) in [6.07, 6.45) is 0.